The normalized spacial score (nSPS) is 11.9. The van der Waals surface area contributed by atoms with Gasteiger partial charge in [-0.05, 0) is 42.5 Å². The molecule has 0 unspecified atom stereocenters. The number of aromatic nitrogens is 1. The summed E-state index contributed by atoms with van der Waals surface area (Å²) in [5.41, 5.74) is -3.65. The highest BCUT2D eigenvalue weighted by Crippen LogP contribution is 2.37. The quantitative estimate of drug-likeness (QED) is 0.489. The summed E-state index contributed by atoms with van der Waals surface area (Å²) in [5.74, 6) is -1.03. The van der Waals surface area contributed by atoms with E-state index in [1.54, 1.807) is 30.3 Å². The maximum absolute atomic E-state index is 13.1. The molecule has 0 spiro atoms. The minimum Gasteiger partial charge on any atom is -0.268 e. The Morgan fingerprint density at radius 2 is 1.31 bits per heavy atom. The van der Waals surface area contributed by atoms with Crippen molar-refractivity contribution >= 4 is 17.4 Å². The summed E-state index contributed by atoms with van der Waals surface area (Å²) in [5, 5.41) is 0. The van der Waals surface area contributed by atoms with Gasteiger partial charge >= 0.3 is 12.4 Å². The average molecular weight is 410 g/mol. The number of para-hydroxylation sites is 1. The lowest BCUT2D eigenvalue weighted by Crippen LogP contribution is -2.27. The molecule has 3 rings (SSSR count). The molecule has 2 aromatic carbocycles. The third-order valence-electron chi connectivity index (χ3n) is 3.93. The van der Waals surface area contributed by atoms with Gasteiger partial charge < -0.3 is 0 Å². The maximum atomic E-state index is 13.1. The fourth-order valence-electron chi connectivity index (χ4n) is 2.62. The molecule has 150 valence electrons. The summed E-state index contributed by atoms with van der Waals surface area (Å²) < 4.78 is 78.9. The third kappa shape index (κ3) is 4.56. The second-order valence-electron chi connectivity index (χ2n) is 5.96. The lowest BCUT2D eigenvalue weighted by Gasteiger charge is -2.23. The molecule has 1 heterocycles. The number of nitrogens with zero attached hydrogens (tertiary/aromatic N) is 2. The van der Waals surface area contributed by atoms with Gasteiger partial charge in [-0.1, -0.05) is 24.3 Å². The standard InChI is InChI=1S/C20H12F6N2O/c21-19(22,23)14-10-13(11-15(12-14)20(24,25)26)18(29)28(16-6-2-1-3-7-16)17-8-4-5-9-27-17/h1-12H. The summed E-state index contributed by atoms with van der Waals surface area (Å²) in [6, 6.07) is 13.1. The minimum atomic E-state index is -5.06. The van der Waals surface area contributed by atoms with Crippen LogP contribution in [0.15, 0.2) is 72.9 Å². The molecule has 29 heavy (non-hydrogen) atoms. The fourth-order valence-corrected chi connectivity index (χ4v) is 2.62. The largest absolute Gasteiger partial charge is 0.416 e. The number of hydrogen-bond donors (Lipinski definition) is 0. The number of carbonyl (C=O) groups is 1. The fraction of sp³-hybridized carbons (Fsp3) is 0.100. The first-order chi connectivity index (χ1) is 13.6. The van der Waals surface area contributed by atoms with Crippen molar-refractivity contribution in [1.82, 2.24) is 4.98 Å². The second kappa shape index (κ2) is 7.57. The van der Waals surface area contributed by atoms with Crippen LogP contribution in [0.4, 0.5) is 37.8 Å². The van der Waals surface area contributed by atoms with Gasteiger partial charge in [0.15, 0.2) is 0 Å². The van der Waals surface area contributed by atoms with Crippen LogP contribution in [-0.4, -0.2) is 10.9 Å². The molecule has 0 radical (unpaired) electrons. The Kier molecular flexibility index (Phi) is 5.32. The predicted octanol–water partition coefficient (Wildman–Crippen LogP) is 6.10. The van der Waals surface area contributed by atoms with Crippen molar-refractivity contribution in [2.45, 2.75) is 12.4 Å². The van der Waals surface area contributed by atoms with Gasteiger partial charge in [0.1, 0.15) is 5.82 Å². The molecular formula is C20H12F6N2O. The summed E-state index contributed by atoms with van der Waals surface area (Å²) in [6.45, 7) is 0. The summed E-state index contributed by atoms with van der Waals surface area (Å²) in [6.07, 6.45) is -8.76. The number of carbonyl (C=O) groups excluding carboxylic acids is 1. The number of rotatable bonds is 3. The number of benzene rings is 2. The zero-order chi connectivity index (χ0) is 21.2. The number of halogens is 6. The molecule has 0 atom stereocenters. The second-order valence-corrected chi connectivity index (χ2v) is 5.96. The Hall–Kier alpha value is -3.36. The van der Waals surface area contributed by atoms with Crippen LogP contribution >= 0.6 is 0 Å². The highest BCUT2D eigenvalue weighted by Gasteiger charge is 2.38. The molecule has 0 saturated heterocycles. The van der Waals surface area contributed by atoms with E-state index in [1.165, 1.54) is 24.4 Å². The van der Waals surface area contributed by atoms with Gasteiger partial charge in [-0.15, -0.1) is 0 Å². The van der Waals surface area contributed by atoms with Crippen molar-refractivity contribution in [3.05, 3.63) is 89.6 Å². The van der Waals surface area contributed by atoms with Gasteiger partial charge in [0, 0.05) is 11.8 Å². The molecule has 0 aliphatic carbocycles. The monoisotopic (exact) mass is 410 g/mol. The van der Waals surface area contributed by atoms with Crippen molar-refractivity contribution < 1.29 is 31.1 Å². The summed E-state index contributed by atoms with van der Waals surface area (Å²) in [7, 11) is 0. The van der Waals surface area contributed by atoms with Gasteiger partial charge in [-0.25, -0.2) is 4.98 Å². The Bertz CT molecular complexity index is 929. The Morgan fingerprint density at radius 3 is 1.79 bits per heavy atom. The van der Waals surface area contributed by atoms with E-state index < -0.39 is 35.0 Å². The van der Waals surface area contributed by atoms with Crippen LogP contribution in [0.25, 0.3) is 0 Å². The molecule has 3 aromatic rings. The van der Waals surface area contributed by atoms with Crippen molar-refractivity contribution in [2.75, 3.05) is 4.90 Å². The van der Waals surface area contributed by atoms with Gasteiger partial charge in [0.05, 0.1) is 16.8 Å². The first-order valence-electron chi connectivity index (χ1n) is 8.17. The smallest absolute Gasteiger partial charge is 0.268 e. The van der Waals surface area contributed by atoms with E-state index in [0.717, 1.165) is 4.90 Å². The molecule has 0 saturated carbocycles. The summed E-state index contributed by atoms with van der Waals surface area (Å²) >= 11 is 0. The van der Waals surface area contributed by atoms with E-state index in [4.69, 9.17) is 0 Å². The molecule has 1 amide bonds. The van der Waals surface area contributed by atoms with Crippen LogP contribution in [0.3, 0.4) is 0 Å². The number of pyridine rings is 1. The van der Waals surface area contributed by atoms with E-state index in [-0.39, 0.29) is 17.6 Å². The molecule has 3 nitrogen and oxygen atoms in total. The van der Waals surface area contributed by atoms with Crippen LogP contribution in [-0.2, 0) is 12.4 Å². The molecule has 0 fully saturated rings. The zero-order valence-electron chi connectivity index (χ0n) is 14.5. The lowest BCUT2D eigenvalue weighted by atomic mass is 10.0. The van der Waals surface area contributed by atoms with Crippen LogP contribution < -0.4 is 4.90 Å². The van der Waals surface area contributed by atoms with Crippen LogP contribution in [0.5, 0.6) is 0 Å². The number of alkyl halides is 6. The van der Waals surface area contributed by atoms with E-state index in [0.29, 0.717) is 12.1 Å². The van der Waals surface area contributed by atoms with Gasteiger partial charge in [-0.2, -0.15) is 26.3 Å². The first-order valence-corrected chi connectivity index (χ1v) is 8.17. The van der Waals surface area contributed by atoms with Gasteiger partial charge in [0.2, 0.25) is 0 Å². The van der Waals surface area contributed by atoms with Crippen LogP contribution in [0, 0.1) is 0 Å². The average Bonchev–Trinajstić information content (AvgIpc) is 2.68. The Balaban J connectivity index is 2.18. The highest BCUT2D eigenvalue weighted by atomic mass is 19.4. The Morgan fingerprint density at radius 1 is 0.759 bits per heavy atom. The topological polar surface area (TPSA) is 33.2 Å². The van der Waals surface area contributed by atoms with Crippen molar-refractivity contribution in [1.29, 1.82) is 0 Å². The van der Waals surface area contributed by atoms with E-state index in [1.807, 2.05) is 0 Å². The van der Waals surface area contributed by atoms with Crippen LogP contribution in [0.2, 0.25) is 0 Å². The van der Waals surface area contributed by atoms with Crippen molar-refractivity contribution in [3.8, 4) is 0 Å². The molecule has 1 aromatic heterocycles. The lowest BCUT2D eigenvalue weighted by molar-refractivity contribution is -0.143. The zero-order valence-corrected chi connectivity index (χ0v) is 14.5. The predicted molar refractivity (Wildman–Crippen MR) is 93.6 cm³/mol. The maximum Gasteiger partial charge on any atom is 0.416 e. The highest BCUT2D eigenvalue weighted by molar-refractivity contribution is 6.10. The molecule has 9 heteroatoms. The van der Waals surface area contributed by atoms with Gasteiger partial charge in [-0.3, -0.25) is 9.69 Å². The van der Waals surface area contributed by atoms with E-state index >= 15 is 0 Å². The minimum absolute atomic E-state index is 0.0234. The molecule has 0 aliphatic rings. The van der Waals surface area contributed by atoms with Crippen molar-refractivity contribution in [2.24, 2.45) is 0 Å². The number of anilines is 2. The Labute approximate surface area is 161 Å². The SMILES string of the molecule is O=C(c1cc(C(F)(F)F)cc(C(F)(F)F)c1)N(c1ccccc1)c1ccccn1. The first kappa shape index (κ1) is 20.4. The van der Waals surface area contributed by atoms with E-state index in [9.17, 15) is 31.1 Å². The number of hydrogen-bond acceptors (Lipinski definition) is 2. The van der Waals surface area contributed by atoms with Gasteiger partial charge in [0.25, 0.3) is 5.91 Å². The summed E-state index contributed by atoms with van der Waals surface area (Å²) in [4.78, 5) is 18.0. The molecular weight excluding hydrogens is 398 g/mol. The van der Waals surface area contributed by atoms with Crippen molar-refractivity contribution in [3.63, 3.8) is 0 Å². The molecule has 0 N–H and O–H groups in total. The van der Waals surface area contributed by atoms with Crippen LogP contribution in [0.1, 0.15) is 21.5 Å². The third-order valence-corrected chi connectivity index (χ3v) is 3.93. The molecule has 0 aliphatic heterocycles. The van der Waals surface area contributed by atoms with E-state index in [2.05, 4.69) is 4.98 Å². The number of amides is 1. The molecule has 0 bridgehead atoms.